The van der Waals surface area contributed by atoms with Crippen LogP contribution in [-0.4, -0.2) is 48.5 Å². The maximum atomic E-state index is 12.6. The predicted octanol–water partition coefficient (Wildman–Crippen LogP) is 3.09. The number of hydrogen-bond donors (Lipinski definition) is 1. The van der Waals surface area contributed by atoms with Crippen molar-refractivity contribution in [2.45, 2.75) is 20.8 Å². The molecule has 1 N–H and O–H groups in total. The standard InChI is InChI=1S/C20H26N4O/c1-4-23-7-9-24(10-8-23)18-12-17(13-21-14-18)20(25)22-19-11-15(2)5-6-16(19)3/h5-6,11-14H,4,7-10H2,1-3H3,(H,22,25). The van der Waals surface area contributed by atoms with Crippen LogP contribution in [0.25, 0.3) is 0 Å². The van der Waals surface area contributed by atoms with Crippen molar-refractivity contribution in [3.8, 4) is 0 Å². The normalized spacial score (nSPS) is 15.2. The molecule has 0 unspecified atom stereocenters. The number of aromatic nitrogens is 1. The molecule has 5 heteroatoms. The Kier molecular flexibility index (Phi) is 5.34. The number of nitrogens with one attached hydrogen (secondary N) is 1. The summed E-state index contributed by atoms with van der Waals surface area (Å²) in [6.07, 6.45) is 3.47. The van der Waals surface area contributed by atoms with Gasteiger partial charge in [-0.15, -0.1) is 0 Å². The SMILES string of the molecule is CCN1CCN(c2cncc(C(=O)Nc3cc(C)ccc3C)c2)CC1. The maximum Gasteiger partial charge on any atom is 0.257 e. The Bertz CT molecular complexity index is 751. The number of carbonyl (C=O) groups excluding carboxylic acids is 1. The van der Waals surface area contributed by atoms with Crippen LogP contribution in [-0.2, 0) is 0 Å². The van der Waals surface area contributed by atoms with E-state index < -0.39 is 0 Å². The summed E-state index contributed by atoms with van der Waals surface area (Å²) < 4.78 is 0. The van der Waals surface area contributed by atoms with E-state index in [1.807, 2.05) is 44.3 Å². The highest BCUT2D eigenvalue weighted by molar-refractivity contribution is 6.05. The number of rotatable bonds is 4. The fraction of sp³-hybridized carbons (Fsp3) is 0.400. The van der Waals surface area contributed by atoms with Gasteiger partial charge >= 0.3 is 0 Å². The Morgan fingerprint density at radius 3 is 2.60 bits per heavy atom. The molecule has 1 saturated heterocycles. The first kappa shape index (κ1) is 17.4. The van der Waals surface area contributed by atoms with E-state index >= 15 is 0 Å². The van der Waals surface area contributed by atoms with Crippen molar-refractivity contribution in [2.75, 3.05) is 42.9 Å². The van der Waals surface area contributed by atoms with Crippen molar-refractivity contribution in [1.29, 1.82) is 0 Å². The molecule has 1 aliphatic heterocycles. The lowest BCUT2D eigenvalue weighted by molar-refractivity contribution is 0.102. The average molecular weight is 338 g/mol. The number of nitrogens with zero attached hydrogens (tertiary/aromatic N) is 3. The van der Waals surface area contributed by atoms with Gasteiger partial charge in [-0.3, -0.25) is 9.78 Å². The van der Waals surface area contributed by atoms with Crippen LogP contribution in [0, 0.1) is 13.8 Å². The maximum absolute atomic E-state index is 12.6. The largest absolute Gasteiger partial charge is 0.368 e. The molecular formula is C20H26N4O. The summed E-state index contributed by atoms with van der Waals surface area (Å²) in [7, 11) is 0. The molecule has 1 amide bonds. The molecule has 2 heterocycles. The van der Waals surface area contributed by atoms with Gasteiger partial charge < -0.3 is 15.1 Å². The number of likely N-dealkylation sites (N-methyl/N-ethyl adjacent to an activating group) is 1. The molecule has 0 aliphatic carbocycles. The van der Waals surface area contributed by atoms with Crippen LogP contribution in [0.3, 0.4) is 0 Å². The molecule has 1 fully saturated rings. The number of hydrogen-bond acceptors (Lipinski definition) is 4. The van der Waals surface area contributed by atoms with E-state index in [0.29, 0.717) is 5.56 Å². The van der Waals surface area contributed by atoms with Crippen molar-refractivity contribution in [2.24, 2.45) is 0 Å². The predicted molar refractivity (Wildman–Crippen MR) is 102 cm³/mol. The van der Waals surface area contributed by atoms with Crippen LogP contribution >= 0.6 is 0 Å². The first-order valence-electron chi connectivity index (χ1n) is 8.88. The van der Waals surface area contributed by atoms with Gasteiger partial charge in [0.15, 0.2) is 0 Å². The van der Waals surface area contributed by atoms with Gasteiger partial charge in [0.25, 0.3) is 5.91 Å². The molecule has 0 radical (unpaired) electrons. The minimum Gasteiger partial charge on any atom is -0.368 e. The molecule has 5 nitrogen and oxygen atoms in total. The van der Waals surface area contributed by atoms with Crippen molar-refractivity contribution in [3.63, 3.8) is 0 Å². The molecule has 25 heavy (non-hydrogen) atoms. The number of benzene rings is 1. The molecule has 0 spiro atoms. The second kappa shape index (κ2) is 7.66. The van der Waals surface area contributed by atoms with Crippen molar-refractivity contribution in [3.05, 3.63) is 53.3 Å². The molecule has 0 atom stereocenters. The lowest BCUT2D eigenvalue weighted by Crippen LogP contribution is -2.46. The minimum atomic E-state index is -0.116. The van der Waals surface area contributed by atoms with Gasteiger partial charge in [-0.2, -0.15) is 0 Å². The topological polar surface area (TPSA) is 48.5 Å². The third kappa shape index (κ3) is 4.17. The van der Waals surface area contributed by atoms with Crippen molar-refractivity contribution in [1.82, 2.24) is 9.88 Å². The highest BCUT2D eigenvalue weighted by Gasteiger charge is 2.17. The number of piperazine rings is 1. The molecular weight excluding hydrogens is 312 g/mol. The summed E-state index contributed by atoms with van der Waals surface area (Å²) in [5, 5.41) is 3.01. The summed E-state index contributed by atoms with van der Waals surface area (Å²) >= 11 is 0. The van der Waals surface area contributed by atoms with Gasteiger partial charge in [0.2, 0.25) is 0 Å². The molecule has 3 rings (SSSR count). The number of anilines is 2. The van der Waals surface area contributed by atoms with E-state index in [9.17, 15) is 4.79 Å². The Morgan fingerprint density at radius 1 is 1.12 bits per heavy atom. The van der Waals surface area contributed by atoms with E-state index in [1.165, 1.54) is 0 Å². The Hall–Kier alpha value is -2.40. The lowest BCUT2D eigenvalue weighted by atomic mass is 10.1. The number of pyridine rings is 1. The van der Waals surface area contributed by atoms with Gasteiger partial charge in [-0.25, -0.2) is 0 Å². The zero-order chi connectivity index (χ0) is 17.8. The first-order valence-corrected chi connectivity index (χ1v) is 8.88. The van der Waals surface area contributed by atoms with Crippen molar-refractivity contribution >= 4 is 17.3 Å². The van der Waals surface area contributed by atoms with Crippen LogP contribution in [0.4, 0.5) is 11.4 Å². The molecule has 1 aliphatic rings. The number of amides is 1. The van der Waals surface area contributed by atoms with Crippen LogP contribution < -0.4 is 10.2 Å². The fourth-order valence-electron chi connectivity index (χ4n) is 3.11. The third-order valence-corrected chi connectivity index (χ3v) is 4.81. The molecule has 0 saturated carbocycles. The molecule has 1 aromatic carbocycles. The zero-order valence-corrected chi connectivity index (χ0v) is 15.2. The van der Waals surface area contributed by atoms with Gasteiger partial charge in [-0.1, -0.05) is 19.1 Å². The van der Waals surface area contributed by atoms with Gasteiger partial charge in [0.1, 0.15) is 0 Å². The first-order chi connectivity index (χ1) is 12.1. The highest BCUT2D eigenvalue weighted by Crippen LogP contribution is 2.20. The number of aryl methyl sites for hydroxylation is 2. The quantitative estimate of drug-likeness (QED) is 0.931. The van der Waals surface area contributed by atoms with E-state index in [0.717, 1.165) is 55.2 Å². The fourth-order valence-corrected chi connectivity index (χ4v) is 3.11. The van der Waals surface area contributed by atoms with Crippen LogP contribution in [0.15, 0.2) is 36.7 Å². The van der Waals surface area contributed by atoms with E-state index in [-0.39, 0.29) is 5.91 Å². The average Bonchev–Trinajstić information content (AvgIpc) is 2.65. The van der Waals surface area contributed by atoms with E-state index in [1.54, 1.807) is 6.20 Å². The minimum absolute atomic E-state index is 0.116. The summed E-state index contributed by atoms with van der Waals surface area (Å²) in [6, 6.07) is 8.00. The second-order valence-electron chi connectivity index (χ2n) is 6.63. The van der Waals surface area contributed by atoms with Gasteiger partial charge in [-0.05, 0) is 43.7 Å². The van der Waals surface area contributed by atoms with Gasteiger partial charge in [0, 0.05) is 38.1 Å². The highest BCUT2D eigenvalue weighted by atomic mass is 16.1. The smallest absolute Gasteiger partial charge is 0.257 e. The zero-order valence-electron chi connectivity index (χ0n) is 15.2. The third-order valence-electron chi connectivity index (χ3n) is 4.81. The van der Waals surface area contributed by atoms with E-state index in [2.05, 4.69) is 27.0 Å². The van der Waals surface area contributed by atoms with Crippen molar-refractivity contribution < 1.29 is 4.79 Å². The Balaban J connectivity index is 1.72. The summed E-state index contributed by atoms with van der Waals surface area (Å²) in [5.41, 5.74) is 4.65. The van der Waals surface area contributed by atoms with Gasteiger partial charge in [0.05, 0.1) is 17.4 Å². The number of carbonyl (C=O) groups is 1. The Labute approximate surface area is 149 Å². The molecule has 132 valence electrons. The van der Waals surface area contributed by atoms with Crippen LogP contribution in [0.5, 0.6) is 0 Å². The Morgan fingerprint density at radius 2 is 1.88 bits per heavy atom. The molecule has 2 aromatic rings. The van der Waals surface area contributed by atoms with Crippen LogP contribution in [0.2, 0.25) is 0 Å². The summed E-state index contributed by atoms with van der Waals surface area (Å²) in [6.45, 7) is 11.3. The van der Waals surface area contributed by atoms with Crippen LogP contribution in [0.1, 0.15) is 28.4 Å². The summed E-state index contributed by atoms with van der Waals surface area (Å²) in [5.74, 6) is -0.116. The lowest BCUT2D eigenvalue weighted by Gasteiger charge is -2.35. The second-order valence-corrected chi connectivity index (χ2v) is 6.63. The molecule has 1 aromatic heterocycles. The monoisotopic (exact) mass is 338 g/mol. The van der Waals surface area contributed by atoms with E-state index in [4.69, 9.17) is 0 Å². The summed E-state index contributed by atoms with van der Waals surface area (Å²) in [4.78, 5) is 21.6. The molecule has 0 bridgehead atoms.